The molecule has 1 saturated carbocycles. The van der Waals surface area contributed by atoms with Crippen LogP contribution in [0.1, 0.15) is 24.2 Å². The molecule has 1 aliphatic rings. The van der Waals surface area contributed by atoms with Crippen molar-refractivity contribution in [3.05, 3.63) is 17.6 Å². The first-order chi connectivity index (χ1) is 7.22. The van der Waals surface area contributed by atoms with Crippen LogP contribution in [0, 0.1) is 13.8 Å². The van der Waals surface area contributed by atoms with E-state index in [1.54, 1.807) is 0 Å². The topological polar surface area (TPSA) is 55.0 Å². The summed E-state index contributed by atoms with van der Waals surface area (Å²) in [4.78, 5) is 11.2. The molecular formula is C11H18N4. The van der Waals surface area contributed by atoms with E-state index in [9.17, 15) is 0 Å². The summed E-state index contributed by atoms with van der Waals surface area (Å²) < 4.78 is 0. The third kappa shape index (κ3) is 2.26. The van der Waals surface area contributed by atoms with Gasteiger partial charge in [0.05, 0.1) is 11.4 Å². The van der Waals surface area contributed by atoms with Gasteiger partial charge < -0.3 is 10.6 Å². The summed E-state index contributed by atoms with van der Waals surface area (Å²) in [7, 11) is 0. The maximum Gasteiger partial charge on any atom is 0.150 e. The Morgan fingerprint density at radius 2 is 2.20 bits per heavy atom. The fourth-order valence-electron chi connectivity index (χ4n) is 1.78. The Morgan fingerprint density at radius 1 is 1.47 bits per heavy atom. The molecule has 82 valence electrons. The highest BCUT2D eigenvalue weighted by Gasteiger charge is 2.30. The van der Waals surface area contributed by atoms with E-state index in [0.717, 1.165) is 23.8 Å². The highest BCUT2D eigenvalue weighted by atomic mass is 15.2. The van der Waals surface area contributed by atoms with Crippen molar-refractivity contribution in [3.63, 3.8) is 0 Å². The zero-order chi connectivity index (χ0) is 10.8. The quantitative estimate of drug-likeness (QED) is 0.799. The predicted molar refractivity (Wildman–Crippen MR) is 60.9 cm³/mol. The minimum atomic E-state index is 0.642. The lowest BCUT2D eigenvalue weighted by Crippen LogP contribution is -2.33. The first-order valence-corrected chi connectivity index (χ1v) is 5.49. The molecule has 0 aromatic carbocycles. The first kappa shape index (κ1) is 10.4. The monoisotopic (exact) mass is 206 g/mol. The number of aromatic nitrogens is 2. The summed E-state index contributed by atoms with van der Waals surface area (Å²) in [6, 6.07) is 0.642. The van der Waals surface area contributed by atoms with Crippen LogP contribution in [-0.2, 0) is 0 Å². The molecule has 0 unspecified atom stereocenters. The van der Waals surface area contributed by atoms with Gasteiger partial charge in [-0.25, -0.2) is 4.98 Å². The van der Waals surface area contributed by atoms with Gasteiger partial charge in [-0.05, 0) is 26.7 Å². The van der Waals surface area contributed by atoms with E-state index >= 15 is 0 Å². The summed E-state index contributed by atoms with van der Waals surface area (Å²) in [5.74, 6) is 1.02. The van der Waals surface area contributed by atoms with Crippen LogP contribution in [0.4, 0.5) is 5.82 Å². The fraction of sp³-hybridized carbons (Fsp3) is 0.636. The fourth-order valence-corrected chi connectivity index (χ4v) is 1.78. The zero-order valence-electron chi connectivity index (χ0n) is 9.40. The number of aryl methyl sites for hydroxylation is 2. The second-order valence-corrected chi connectivity index (χ2v) is 4.13. The Kier molecular flexibility index (Phi) is 2.86. The number of hydrogen-bond donors (Lipinski definition) is 1. The summed E-state index contributed by atoms with van der Waals surface area (Å²) in [5, 5.41) is 0. The number of rotatable bonds is 4. The molecule has 4 nitrogen and oxygen atoms in total. The maximum atomic E-state index is 5.63. The molecule has 2 rings (SSSR count). The van der Waals surface area contributed by atoms with Gasteiger partial charge in [-0.3, -0.25) is 4.98 Å². The van der Waals surface area contributed by atoms with E-state index in [1.165, 1.54) is 12.8 Å². The molecule has 1 aliphatic carbocycles. The van der Waals surface area contributed by atoms with E-state index in [1.807, 2.05) is 20.0 Å². The molecule has 2 N–H and O–H groups in total. The third-order valence-electron chi connectivity index (χ3n) is 2.68. The van der Waals surface area contributed by atoms with Gasteiger partial charge in [0.1, 0.15) is 0 Å². The van der Waals surface area contributed by atoms with Crippen LogP contribution in [0.3, 0.4) is 0 Å². The van der Waals surface area contributed by atoms with E-state index in [-0.39, 0.29) is 0 Å². The Bertz CT molecular complexity index is 346. The normalized spacial score (nSPS) is 15.4. The Morgan fingerprint density at radius 3 is 2.80 bits per heavy atom. The highest BCUT2D eigenvalue weighted by Crippen LogP contribution is 2.31. The van der Waals surface area contributed by atoms with Crippen LogP contribution < -0.4 is 10.6 Å². The molecule has 15 heavy (non-hydrogen) atoms. The zero-order valence-corrected chi connectivity index (χ0v) is 9.40. The van der Waals surface area contributed by atoms with Gasteiger partial charge in [-0.2, -0.15) is 0 Å². The van der Waals surface area contributed by atoms with Gasteiger partial charge in [0.25, 0.3) is 0 Å². The largest absolute Gasteiger partial charge is 0.351 e. The lowest BCUT2D eigenvalue weighted by molar-refractivity contribution is 0.759. The minimum Gasteiger partial charge on any atom is -0.351 e. The molecule has 0 aliphatic heterocycles. The molecule has 0 spiro atoms. The summed E-state index contributed by atoms with van der Waals surface area (Å²) in [6.45, 7) is 5.53. The summed E-state index contributed by atoms with van der Waals surface area (Å²) in [6.07, 6.45) is 4.33. The van der Waals surface area contributed by atoms with Gasteiger partial charge >= 0.3 is 0 Å². The number of nitrogens with two attached hydrogens (primary N) is 1. The molecule has 0 bridgehead atoms. The molecule has 1 fully saturated rings. The van der Waals surface area contributed by atoms with Crippen molar-refractivity contribution in [3.8, 4) is 0 Å². The van der Waals surface area contributed by atoms with Crippen molar-refractivity contribution in [2.24, 2.45) is 5.73 Å². The molecule has 0 radical (unpaired) electrons. The lowest BCUT2D eigenvalue weighted by Gasteiger charge is -2.24. The molecule has 0 amide bonds. The van der Waals surface area contributed by atoms with Gasteiger partial charge in [-0.15, -0.1) is 0 Å². The standard InChI is InChI=1S/C11H18N4/c1-8-7-13-9(2)11(14-8)15(6-5-12)10-3-4-10/h7,10H,3-6,12H2,1-2H3. The van der Waals surface area contributed by atoms with Crippen LogP contribution in [0.15, 0.2) is 6.20 Å². The van der Waals surface area contributed by atoms with Gasteiger partial charge in [0.2, 0.25) is 0 Å². The SMILES string of the molecule is Cc1cnc(C)c(N(CCN)C2CC2)n1. The first-order valence-electron chi connectivity index (χ1n) is 5.49. The smallest absolute Gasteiger partial charge is 0.150 e. The highest BCUT2D eigenvalue weighted by molar-refractivity contribution is 5.45. The molecule has 4 heteroatoms. The van der Waals surface area contributed by atoms with Crippen molar-refractivity contribution in [2.45, 2.75) is 32.7 Å². The van der Waals surface area contributed by atoms with Gasteiger partial charge in [-0.1, -0.05) is 0 Å². The molecule has 1 aromatic rings. The lowest BCUT2D eigenvalue weighted by atomic mass is 10.3. The average molecular weight is 206 g/mol. The summed E-state index contributed by atoms with van der Waals surface area (Å²) in [5.41, 5.74) is 7.60. The van der Waals surface area contributed by atoms with Crippen LogP contribution >= 0.6 is 0 Å². The number of anilines is 1. The van der Waals surface area contributed by atoms with E-state index in [2.05, 4.69) is 14.9 Å². The Hall–Kier alpha value is -1.16. The van der Waals surface area contributed by atoms with Crippen LogP contribution in [0.25, 0.3) is 0 Å². The Balaban J connectivity index is 2.27. The van der Waals surface area contributed by atoms with Crippen molar-refractivity contribution >= 4 is 5.82 Å². The van der Waals surface area contributed by atoms with Crippen molar-refractivity contribution < 1.29 is 0 Å². The van der Waals surface area contributed by atoms with Crippen molar-refractivity contribution in [1.29, 1.82) is 0 Å². The third-order valence-corrected chi connectivity index (χ3v) is 2.68. The number of nitrogens with zero attached hydrogens (tertiary/aromatic N) is 3. The molecular weight excluding hydrogens is 188 g/mol. The molecule has 1 aromatic heterocycles. The van der Waals surface area contributed by atoms with Crippen LogP contribution in [-0.4, -0.2) is 29.1 Å². The van der Waals surface area contributed by atoms with E-state index < -0.39 is 0 Å². The number of hydrogen-bond acceptors (Lipinski definition) is 4. The second-order valence-electron chi connectivity index (χ2n) is 4.13. The predicted octanol–water partition coefficient (Wildman–Crippen LogP) is 1.02. The molecule has 0 saturated heterocycles. The van der Waals surface area contributed by atoms with Gasteiger partial charge in [0, 0.05) is 25.3 Å². The average Bonchev–Trinajstić information content (AvgIpc) is 3.02. The Labute approximate surface area is 90.5 Å². The van der Waals surface area contributed by atoms with Crippen molar-refractivity contribution in [2.75, 3.05) is 18.0 Å². The second kappa shape index (κ2) is 4.14. The van der Waals surface area contributed by atoms with Gasteiger partial charge in [0.15, 0.2) is 5.82 Å². The van der Waals surface area contributed by atoms with Crippen molar-refractivity contribution in [1.82, 2.24) is 9.97 Å². The van der Waals surface area contributed by atoms with E-state index in [4.69, 9.17) is 5.73 Å². The molecule has 0 atom stereocenters. The van der Waals surface area contributed by atoms with E-state index in [0.29, 0.717) is 12.6 Å². The van der Waals surface area contributed by atoms with Crippen LogP contribution in [0.5, 0.6) is 0 Å². The minimum absolute atomic E-state index is 0.642. The summed E-state index contributed by atoms with van der Waals surface area (Å²) >= 11 is 0. The maximum absolute atomic E-state index is 5.63. The molecule has 1 heterocycles. The van der Waals surface area contributed by atoms with Crippen LogP contribution in [0.2, 0.25) is 0 Å².